The third-order valence-corrected chi connectivity index (χ3v) is 2.48. The van der Waals surface area contributed by atoms with Gasteiger partial charge in [-0.2, -0.15) is 0 Å². The Morgan fingerprint density at radius 2 is 2.00 bits per heavy atom. The van der Waals surface area contributed by atoms with Crippen LogP contribution in [0.4, 0.5) is 0 Å². The number of hydrogen-bond donors (Lipinski definition) is 2. The van der Waals surface area contributed by atoms with Crippen molar-refractivity contribution in [1.29, 1.82) is 0 Å². The Morgan fingerprint density at radius 1 is 1.41 bits per heavy atom. The fourth-order valence-electron chi connectivity index (χ4n) is 1.33. The summed E-state index contributed by atoms with van der Waals surface area (Å²) >= 11 is 0. The molecule has 0 aliphatic carbocycles. The maximum atomic E-state index is 11.2. The van der Waals surface area contributed by atoms with Gasteiger partial charge in [-0.15, -0.1) is 0 Å². The molecule has 0 radical (unpaired) electrons. The second-order valence-corrected chi connectivity index (χ2v) is 3.93. The van der Waals surface area contributed by atoms with Crippen molar-refractivity contribution in [3.05, 3.63) is 11.8 Å². The number of nitrogens with one attached hydrogen (secondary N) is 1. The van der Waals surface area contributed by atoms with E-state index < -0.39 is 18.0 Å². The molecule has 0 rings (SSSR count). The molecular formula is C12H21NO4. The molecular weight excluding hydrogens is 222 g/mol. The molecule has 2 atom stereocenters. The van der Waals surface area contributed by atoms with Gasteiger partial charge in [0.1, 0.15) is 6.04 Å². The lowest BCUT2D eigenvalue weighted by molar-refractivity contribution is -0.141. The predicted molar refractivity (Wildman–Crippen MR) is 64.4 cm³/mol. The molecule has 0 aromatic heterocycles. The molecule has 5 heteroatoms. The van der Waals surface area contributed by atoms with E-state index in [-0.39, 0.29) is 5.92 Å². The fourth-order valence-corrected chi connectivity index (χ4v) is 1.33. The Kier molecular flexibility index (Phi) is 7.02. The van der Waals surface area contributed by atoms with Crippen molar-refractivity contribution in [2.24, 2.45) is 5.92 Å². The number of carbonyl (C=O) groups is 2. The highest BCUT2D eigenvalue weighted by Crippen LogP contribution is 2.09. The smallest absolute Gasteiger partial charge is 0.332 e. The molecule has 0 aliphatic rings. The molecule has 0 bridgehead atoms. The van der Waals surface area contributed by atoms with Crippen LogP contribution in [0.2, 0.25) is 0 Å². The van der Waals surface area contributed by atoms with Crippen LogP contribution in [0.3, 0.4) is 0 Å². The number of hydrogen-bond acceptors (Lipinski definition) is 4. The number of allylic oxidation sites excluding steroid dienone is 1. The summed E-state index contributed by atoms with van der Waals surface area (Å²) in [5, 5.41) is 11.9. The van der Waals surface area contributed by atoms with Crippen LogP contribution >= 0.6 is 0 Å². The summed E-state index contributed by atoms with van der Waals surface area (Å²) in [5.74, 6) is -1.40. The maximum Gasteiger partial charge on any atom is 0.332 e. The first-order valence-corrected chi connectivity index (χ1v) is 5.76. The van der Waals surface area contributed by atoms with E-state index in [0.717, 1.165) is 6.42 Å². The Balaban J connectivity index is 4.55. The highest BCUT2D eigenvalue weighted by Gasteiger charge is 2.23. The van der Waals surface area contributed by atoms with Gasteiger partial charge < -0.3 is 15.2 Å². The molecule has 0 aromatic rings. The highest BCUT2D eigenvalue weighted by atomic mass is 16.5. The van der Waals surface area contributed by atoms with Gasteiger partial charge in [-0.25, -0.2) is 9.59 Å². The third-order valence-electron chi connectivity index (χ3n) is 2.48. The molecule has 0 fully saturated rings. The molecule has 0 unspecified atom stereocenters. The van der Waals surface area contributed by atoms with E-state index in [1.54, 1.807) is 13.8 Å². The van der Waals surface area contributed by atoms with Crippen LogP contribution in [0.15, 0.2) is 11.8 Å². The van der Waals surface area contributed by atoms with Crippen LogP contribution in [-0.2, 0) is 14.3 Å². The Labute approximate surface area is 102 Å². The van der Waals surface area contributed by atoms with Crippen LogP contribution in [0.5, 0.6) is 0 Å². The summed E-state index contributed by atoms with van der Waals surface area (Å²) in [5.41, 5.74) is 0.496. The molecule has 0 aromatic carbocycles. The minimum atomic E-state index is -0.920. The number of carboxylic acid groups (broad SMARTS) is 1. The summed E-state index contributed by atoms with van der Waals surface area (Å²) < 4.78 is 4.74. The molecule has 2 N–H and O–H groups in total. The van der Waals surface area contributed by atoms with Gasteiger partial charge in [0.25, 0.3) is 0 Å². The Bertz CT molecular complexity index is 299. The molecule has 5 nitrogen and oxygen atoms in total. The standard InChI is InChI=1S/C12H21NO4/c1-5-8(3)11(12(15)16)13-9(4)7-10(14)17-6-2/h7-8,11,13H,5-6H2,1-4H3,(H,15,16)/t8-,11-/m0/s1. The fraction of sp³-hybridized carbons (Fsp3) is 0.667. The summed E-state index contributed by atoms with van der Waals surface area (Å²) in [7, 11) is 0. The summed E-state index contributed by atoms with van der Waals surface area (Å²) in [6, 6.07) is -0.689. The first-order chi connectivity index (χ1) is 7.92. The quantitative estimate of drug-likeness (QED) is 0.524. The zero-order valence-electron chi connectivity index (χ0n) is 10.8. The van der Waals surface area contributed by atoms with E-state index in [9.17, 15) is 9.59 Å². The van der Waals surface area contributed by atoms with Gasteiger partial charge in [0.2, 0.25) is 0 Å². The van der Waals surface area contributed by atoms with E-state index in [0.29, 0.717) is 12.3 Å². The van der Waals surface area contributed by atoms with Crippen molar-refractivity contribution in [3.8, 4) is 0 Å². The molecule has 0 amide bonds. The van der Waals surface area contributed by atoms with E-state index in [1.807, 2.05) is 13.8 Å². The second kappa shape index (κ2) is 7.70. The van der Waals surface area contributed by atoms with E-state index in [1.165, 1.54) is 6.08 Å². The number of carboxylic acids is 1. The lowest BCUT2D eigenvalue weighted by atomic mass is 9.99. The molecule has 98 valence electrons. The average molecular weight is 243 g/mol. The normalized spacial score (nSPS) is 14.9. The lowest BCUT2D eigenvalue weighted by Gasteiger charge is -2.21. The largest absolute Gasteiger partial charge is 0.480 e. The van der Waals surface area contributed by atoms with Crippen LogP contribution in [0, 0.1) is 5.92 Å². The van der Waals surface area contributed by atoms with Gasteiger partial charge in [0.15, 0.2) is 0 Å². The summed E-state index contributed by atoms with van der Waals surface area (Å²) in [6.45, 7) is 7.44. The van der Waals surface area contributed by atoms with Gasteiger partial charge in [-0.05, 0) is 19.8 Å². The topological polar surface area (TPSA) is 75.6 Å². The average Bonchev–Trinajstić information content (AvgIpc) is 2.24. The SMILES string of the molecule is CCOC(=O)C=C(C)N[C@H](C(=O)O)[C@@H](C)CC. The van der Waals surface area contributed by atoms with Crippen molar-refractivity contribution in [2.75, 3.05) is 6.61 Å². The first-order valence-electron chi connectivity index (χ1n) is 5.76. The Morgan fingerprint density at radius 3 is 2.41 bits per heavy atom. The minimum Gasteiger partial charge on any atom is -0.480 e. The minimum absolute atomic E-state index is 0.0157. The zero-order chi connectivity index (χ0) is 13.4. The van der Waals surface area contributed by atoms with Crippen LogP contribution in [0.1, 0.15) is 34.1 Å². The molecule has 0 spiro atoms. The van der Waals surface area contributed by atoms with Crippen LogP contribution in [-0.4, -0.2) is 29.7 Å². The monoisotopic (exact) mass is 243 g/mol. The predicted octanol–water partition coefficient (Wildman–Crippen LogP) is 1.54. The number of esters is 1. The molecule has 0 saturated heterocycles. The van der Waals surface area contributed by atoms with Gasteiger partial charge in [0, 0.05) is 11.8 Å². The molecule has 0 saturated carbocycles. The second-order valence-electron chi connectivity index (χ2n) is 3.93. The molecule has 0 aliphatic heterocycles. The maximum absolute atomic E-state index is 11.2. The number of ether oxygens (including phenoxy) is 1. The summed E-state index contributed by atoms with van der Waals surface area (Å²) in [4.78, 5) is 22.2. The van der Waals surface area contributed by atoms with Gasteiger partial charge in [-0.3, -0.25) is 0 Å². The van der Waals surface area contributed by atoms with Crippen molar-refractivity contribution in [1.82, 2.24) is 5.32 Å². The zero-order valence-corrected chi connectivity index (χ0v) is 10.8. The molecule has 17 heavy (non-hydrogen) atoms. The van der Waals surface area contributed by atoms with Crippen molar-refractivity contribution in [2.45, 2.75) is 40.2 Å². The van der Waals surface area contributed by atoms with Crippen molar-refractivity contribution in [3.63, 3.8) is 0 Å². The van der Waals surface area contributed by atoms with Crippen LogP contribution < -0.4 is 5.32 Å². The first kappa shape index (κ1) is 15.5. The Hall–Kier alpha value is -1.52. The molecule has 0 heterocycles. The van der Waals surface area contributed by atoms with E-state index >= 15 is 0 Å². The van der Waals surface area contributed by atoms with Gasteiger partial charge in [0.05, 0.1) is 6.61 Å². The third kappa shape index (κ3) is 5.94. The number of rotatable bonds is 7. The highest BCUT2D eigenvalue weighted by molar-refractivity contribution is 5.83. The van der Waals surface area contributed by atoms with Crippen molar-refractivity contribution < 1.29 is 19.4 Å². The number of carbonyl (C=O) groups excluding carboxylic acids is 1. The van der Waals surface area contributed by atoms with Gasteiger partial charge >= 0.3 is 11.9 Å². The van der Waals surface area contributed by atoms with Gasteiger partial charge in [-0.1, -0.05) is 20.3 Å². The summed E-state index contributed by atoms with van der Waals surface area (Å²) in [6.07, 6.45) is 2.01. The van der Waals surface area contributed by atoms with Crippen molar-refractivity contribution >= 4 is 11.9 Å². The lowest BCUT2D eigenvalue weighted by Crippen LogP contribution is -2.40. The number of aliphatic carboxylic acids is 1. The van der Waals surface area contributed by atoms with E-state index in [4.69, 9.17) is 9.84 Å². The van der Waals surface area contributed by atoms with E-state index in [2.05, 4.69) is 5.32 Å². The van der Waals surface area contributed by atoms with Crippen LogP contribution in [0.25, 0.3) is 0 Å².